The highest BCUT2D eigenvalue weighted by molar-refractivity contribution is 7.13. The summed E-state index contributed by atoms with van der Waals surface area (Å²) in [6.45, 7) is 6.11. The zero-order valence-electron chi connectivity index (χ0n) is 18.1. The standard InChI is InChI=1S/C23H27N3O4S/c1-15-14-31-23(24-15)26-22(27)19-11-20(25-21(12-19)30-17(3)13-28-4)29-16(2)10-18-8-6-5-7-9-18/h5-9,11-12,14,16-17H,10,13H2,1-4H3,(H,24,26,27). The molecule has 0 fully saturated rings. The molecular formula is C23H27N3O4S. The second kappa shape index (κ2) is 10.9. The number of aryl methyl sites for hydroxylation is 1. The Balaban J connectivity index is 1.79. The minimum atomic E-state index is -0.304. The third-order valence-electron chi connectivity index (χ3n) is 4.29. The van der Waals surface area contributed by atoms with E-state index < -0.39 is 0 Å². The molecule has 2 aromatic heterocycles. The molecule has 8 heteroatoms. The number of carbonyl (C=O) groups excluding carboxylic acids is 1. The van der Waals surface area contributed by atoms with E-state index in [-0.39, 0.29) is 18.1 Å². The Bertz CT molecular complexity index is 993. The van der Waals surface area contributed by atoms with E-state index in [2.05, 4.69) is 15.3 Å². The summed E-state index contributed by atoms with van der Waals surface area (Å²) in [6.07, 6.45) is 0.347. The van der Waals surface area contributed by atoms with Crippen LogP contribution in [0.25, 0.3) is 0 Å². The number of hydrogen-bond acceptors (Lipinski definition) is 7. The Kier molecular flexibility index (Phi) is 7.97. The van der Waals surface area contributed by atoms with Gasteiger partial charge in [-0.25, -0.2) is 4.98 Å². The largest absolute Gasteiger partial charge is 0.474 e. The number of amides is 1. The first-order chi connectivity index (χ1) is 14.9. The van der Waals surface area contributed by atoms with Gasteiger partial charge >= 0.3 is 0 Å². The summed E-state index contributed by atoms with van der Waals surface area (Å²) in [5, 5.41) is 5.22. The highest BCUT2D eigenvalue weighted by atomic mass is 32.1. The van der Waals surface area contributed by atoms with Crippen LogP contribution in [0.5, 0.6) is 11.8 Å². The van der Waals surface area contributed by atoms with Gasteiger partial charge in [-0.1, -0.05) is 30.3 Å². The maximum absolute atomic E-state index is 12.8. The van der Waals surface area contributed by atoms with Crippen LogP contribution >= 0.6 is 11.3 Å². The van der Waals surface area contributed by atoms with Crippen LogP contribution in [0.2, 0.25) is 0 Å². The topological polar surface area (TPSA) is 82.6 Å². The number of benzene rings is 1. The van der Waals surface area contributed by atoms with E-state index in [0.717, 1.165) is 11.3 Å². The molecule has 2 heterocycles. The van der Waals surface area contributed by atoms with Crippen LogP contribution in [-0.4, -0.2) is 41.8 Å². The average molecular weight is 442 g/mol. The van der Waals surface area contributed by atoms with E-state index >= 15 is 0 Å². The highest BCUT2D eigenvalue weighted by Crippen LogP contribution is 2.23. The van der Waals surface area contributed by atoms with Crippen LogP contribution in [0, 0.1) is 6.92 Å². The molecule has 2 atom stereocenters. The number of anilines is 1. The Morgan fingerprint density at radius 2 is 1.74 bits per heavy atom. The van der Waals surface area contributed by atoms with Crippen LogP contribution in [0.1, 0.15) is 35.5 Å². The zero-order chi connectivity index (χ0) is 22.2. The maximum Gasteiger partial charge on any atom is 0.257 e. The molecule has 0 spiro atoms. The molecule has 0 radical (unpaired) electrons. The number of aromatic nitrogens is 2. The SMILES string of the molecule is COCC(C)Oc1cc(C(=O)Nc2nc(C)cs2)cc(OC(C)Cc2ccccc2)n1. The minimum absolute atomic E-state index is 0.140. The van der Waals surface area contributed by atoms with Crippen LogP contribution in [0.15, 0.2) is 47.8 Å². The lowest BCUT2D eigenvalue weighted by molar-refractivity contribution is 0.0875. The molecule has 0 aliphatic heterocycles. The van der Waals surface area contributed by atoms with Gasteiger partial charge in [-0.05, 0) is 26.3 Å². The summed E-state index contributed by atoms with van der Waals surface area (Å²) < 4.78 is 17.0. The number of rotatable bonds is 10. The summed E-state index contributed by atoms with van der Waals surface area (Å²) >= 11 is 1.37. The van der Waals surface area contributed by atoms with Crippen molar-refractivity contribution in [1.82, 2.24) is 9.97 Å². The number of ether oxygens (including phenoxy) is 3. The predicted molar refractivity (Wildman–Crippen MR) is 121 cm³/mol. The van der Waals surface area contributed by atoms with Gasteiger partial charge in [-0.15, -0.1) is 11.3 Å². The van der Waals surface area contributed by atoms with Gasteiger partial charge in [0, 0.05) is 31.0 Å². The van der Waals surface area contributed by atoms with E-state index in [1.54, 1.807) is 19.2 Å². The lowest BCUT2D eigenvalue weighted by atomic mass is 10.1. The number of carbonyl (C=O) groups is 1. The summed E-state index contributed by atoms with van der Waals surface area (Å²) in [5.41, 5.74) is 2.39. The van der Waals surface area contributed by atoms with Gasteiger partial charge in [0.25, 0.3) is 5.91 Å². The van der Waals surface area contributed by atoms with Gasteiger partial charge < -0.3 is 14.2 Å². The molecule has 0 aliphatic rings. The first-order valence-corrected chi connectivity index (χ1v) is 10.9. The van der Waals surface area contributed by atoms with Crippen LogP contribution < -0.4 is 14.8 Å². The molecule has 3 aromatic rings. The fourth-order valence-electron chi connectivity index (χ4n) is 2.98. The normalized spacial score (nSPS) is 12.8. The molecule has 0 bridgehead atoms. The summed E-state index contributed by atoms with van der Waals surface area (Å²) in [7, 11) is 1.60. The van der Waals surface area contributed by atoms with Crippen molar-refractivity contribution in [2.45, 2.75) is 39.4 Å². The number of nitrogens with zero attached hydrogens (tertiary/aromatic N) is 2. The molecule has 1 aromatic carbocycles. The molecule has 0 aliphatic carbocycles. The summed E-state index contributed by atoms with van der Waals surface area (Å²) in [6, 6.07) is 13.3. The van der Waals surface area contributed by atoms with Crippen molar-refractivity contribution in [3.05, 3.63) is 64.7 Å². The monoisotopic (exact) mass is 441 g/mol. The Morgan fingerprint density at radius 1 is 1.06 bits per heavy atom. The third kappa shape index (κ3) is 7.04. The smallest absolute Gasteiger partial charge is 0.257 e. The fourth-order valence-corrected chi connectivity index (χ4v) is 3.67. The van der Waals surface area contributed by atoms with E-state index in [1.165, 1.54) is 11.3 Å². The third-order valence-corrected chi connectivity index (χ3v) is 5.17. The molecule has 31 heavy (non-hydrogen) atoms. The van der Waals surface area contributed by atoms with E-state index in [1.807, 2.05) is 56.5 Å². The van der Waals surface area contributed by atoms with Gasteiger partial charge in [0.2, 0.25) is 11.8 Å². The van der Waals surface area contributed by atoms with Crippen molar-refractivity contribution in [1.29, 1.82) is 0 Å². The first kappa shape index (κ1) is 22.7. The minimum Gasteiger partial charge on any atom is -0.474 e. The quantitative estimate of drug-likeness (QED) is 0.498. The van der Waals surface area contributed by atoms with Crippen molar-refractivity contribution in [2.75, 3.05) is 19.0 Å². The van der Waals surface area contributed by atoms with E-state index in [9.17, 15) is 4.79 Å². The number of methoxy groups -OCH3 is 1. The van der Waals surface area contributed by atoms with Gasteiger partial charge in [0.05, 0.1) is 17.9 Å². The fraction of sp³-hybridized carbons (Fsp3) is 0.348. The number of nitrogens with one attached hydrogen (secondary N) is 1. The zero-order valence-corrected chi connectivity index (χ0v) is 18.9. The molecule has 1 amide bonds. The second-order valence-corrected chi connectivity index (χ2v) is 8.14. The predicted octanol–water partition coefficient (Wildman–Crippen LogP) is 4.52. The molecule has 0 saturated carbocycles. The number of pyridine rings is 1. The molecule has 2 unspecified atom stereocenters. The van der Waals surface area contributed by atoms with Crippen molar-refractivity contribution in [3.63, 3.8) is 0 Å². The lowest BCUT2D eigenvalue weighted by Gasteiger charge is -2.17. The Hall–Kier alpha value is -2.97. The number of thiazole rings is 1. The summed E-state index contributed by atoms with van der Waals surface area (Å²) in [5.74, 6) is 0.321. The van der Waals surface area contributed by atoms with Gasteiger partial charge in [0.1, 0.15) is 12.2 Å². The number of hydrogen-bond donors (Lipinski definition) is 1. The molecule has 3 rings (SSSR count). The summed E-state index contributed by atoms with van der Waals surface area (Å²) in [4.78, 5) is 21.5. The Labute approximate surface area is 186 Å². The van der Waals surface area contributed by atoms with Gasteiger partial charge in [-0.3, -0.25) is 10.1 Å². The van der Waals surface area contributed by atoms with Crippen LogP contribution in [0.3, 0.4) is 0 Å². The maximum atomic E-state index is 12.8. The van der Waals surface area contributed by atoms with Crippen molar-refractivity contribution < 1.29 is 19.0 Å². The average Bonchev–Trinajstić information content (AvgIpc) is 3.13. The highest BCUT2D eigenvalue weighted by Gasteiger charge is 2.16. The first-order valence-electron chi connectivity index (χ1n) is 10.0. The molecule has 0 saturated heterocycles. The molecule has 164 valence electrons. The molecular weight excluding hydrogens is 414 g/mol. The van der Waals surface area contributed by atoms with E-state index in [0.29, 0.717) is 35.5 Å². The van der Waals surface area contributed by atoms with Crippen molar-refractivity contribution >= 4 is 22.4 Å². The van der Waals surface area contributed by atoms with Gasteiger partial charge in [0.15, 0.2) is 5.13 Å². The van der Waals surface area contributed by atoms with Crippen molar-refractivity contribution in [3.8, 4) is 11.8 Å². The molecule has 1 N–H and O–H groups in total. The molecule has 7 nitrogen and oxygen atoms in total. The second-order valence-electron chi connectivity index (χ2n) is 7.28. The van der Waals surface area contributed by atoms with E-state index in [4.69, 9.17) is 14.2 Å². The van der Waals surface area contributed by atoms with Crippen LogP contribution in [-0.2, 0) is 11.2 Å². The Morgan fingerprint density at radius 3 is 2.35 bits per heavy atom. The lowest BCUT2D eigenvalue weighted by Crippen LogP contribution is -2.21. The van der Waals surface area contributed by atoms with Crippen molar-refractivity contribution in [2.24, 2.45) is 0 Å². The van der Waals surface area contributed by atoms with Gasteiger partial charge in [-0.2, -0.15) is 4.98 Å². The van der Waals surface area contributed by atoms with Crippen LogP contribution in [0.4, 0.5) is 5.13 Å².